The average Bonchev–Trinajstić information content (AvgIpc) is 2.40. The molecule has 0 aliphatic carbocycles. The van der Waals surface area contributed by atoms with Crippen LogP contribution in [0.4, 0.5) is 10.5 Å². The first-order valence-electron chi connectivity index (χ1n) is 6.67. The summed E-state index contributed by atoms with van der Waals surface area (Å²) in [5, 5.41) is 2.70. The van der Waals surface area contributed by atoms with Crippen LogP contribution in [0.2, 0.25) is 0 Å². The van der Waals surface area contributed by atoms with E-state index in [1.54, 1.807) is 0 Å². The second kappa shape index (κ2) is 9.81. The third kappa shape index (κ3) is 7.18. The fraction of sp³-hybridized carbons (Fsp3) is 0.500. The number of carbonyl (C=O) groups excluding carboxylic acids is 1. The normalized spacial score (nSPS) is 10.2. The summed E-state index contributed by atoms with van der Waals surface area (Å²) in [5.74, 6) is 0. The lowest BCUT2D eigenvalue weighted by atomic mass is 10.2. The van der Waals surface area contributed by atoms with E-state index in [0.29, 0.717) is 12.3 Å². The number of amides is 2. The van der Waals surface area contributed by atoms with Gasteiger partial charge in [-0.3, -0.25) is 4.84 Å². The van der Waals surface area contributed by atoms with Crippen molar-refractivity contribution in [3.05, 3.63) is 28.7 Å². The van der Waals surface area contributed by atoms with Gasteiger partial charge in [-0.05, 0) is 34.5 Å². The van der Waals surface area contributed by atoms with Crippen molar-refractivity contribution >= 4 is 27.6 Å². The molecular weight excluding hydrogens is 308 g/mol. The van der Waals surface area contributed by atoms with Crippen LogP contribution < -0.4 is 10.8 Å². The number of hydrogen-bond acceptors (Lipinski definition) is 2. The largest absolute Gasteiger partial charge is 0.343 e. The van der Waals surface area contributed by atoms with E-state index in [2.05, 4.69) is 33.7 Å². The molecule has 0 saturated heterocycles. The number of benzene rings is 1. The molecule has 0 spiro atoms. The second-order valence-electron chi connectivity index (χ2n) is 4.30. The number of nitrogens with one attached hydrogen (secondary N) is 2. The molecule has 2 N–H and O–H groups in total. The minimum absolute atomic E-state index is 0.361. The third-order valence-electron chi connectivity index (χ3n) is 2.64. The molecule has 0 bridgehead atoms. The zero-order chi connectivity index (χ0) is 13.9. The minimum atomic E-state index is -0.361. The molecule has 1 aromatic carbocycles. The predicted octanol–water partition coefficient (Wildman–Crippen LogP) is 4.47. The maximum atomic E-state index is 11.5. The van der Waals surface area contributed by atoms with E-state index in [9.17, 15) is 4.79 Å². The molecule has 0 atom stereocenters. The Labute approximate surface area is 123 Å². The van der Waals surface area contributed by atoms with Gasteiger partial charge in [0.15, 0.2) is 0 Å². The Morgan fingerprint density at radius 1 is 1.21 bits per heavy atom. The Morgan fingerprint density at radius 2 is 1.95 bits per heavy atom. The molecule has 19 heavy (non-hydrogen) atoms. The standard InChI is InChI=1S/C14H21BrN2O2/c1-2-3-4-5-8-11-19-17-14(18)16-13-10-7-6-9-12(13)15/h6-7,9-10H,2-5,8,11H2,1H3,(H2,16,17,18). The molecule has 0 fully saturated rings. The monoisotopic (exact) mass is 328 g/mol. The Kier molecular flexibility index (Phi) is 8.25. The SMILES string of the molecule is CCCCCCCONC(=O)Nc1ccccc1Br. The first-order chi connectivity index (χ1) is 9.24. The Balaban J connectivity index is 2.10. The van der Waals surface area contributed by atoms with Crippen LogP contribution in [0.15, 0.2) is 28.7 Å². The van der Waals surface area contributed by atoms with Crippen molar-refractivity contribution in [3.8, 4) is 0 Å². The number of unbranched alkanes of at least 4 members (excludes halogenated alkanes) is 4. The molecule has 1 rings (SSSR count). The number of hydrogen-bond donors (Lipinski definition) is 2. The number of para-hydroxylation sites is 1. The summed E-state index contributed by atoms with van der Waals surface area (Å²) in [6, 6.07) is 7.06. The molecule has 0 heterocycles. The molecule has 5 heteroatoms. The molecule has 0 radical (unpaired) electrons. The van der Waals surface area contributed by atoms with Crippen molar-refractivity contribution in [2.45, 2.75) is 39.0 Å². The molecule has 1 aromatic rings. The van der Waals surface area contributed by atoms with Gasteiger partial charge in [0.1, 0.15) is 0 Å². The smallest absolute Gasteiger partial charge is 0.305 e. The summed E-state index contributed by atoms with van der Waals surface area (Å²) < 4.78 is 0.838. The van der Waals surface area contributed by atoms with Gasteiger partial charge in [-0.15, -0.1) is 0 Å². The first kappa shape index (κ1) is 16.0. The molecule has 2 amide bonds. The molecule has 0 aromatic heterocycles. The van der Waals surface area contributed by atoms with Gasteiger partial charge in [0.25, 0.3) is 0 Å². The van der Waals surface area contributed by atoms with E-state index in [4.69, 9.17) is 4.84 Å². The van der Waals surface area contributed by atoms with Crippen LogP contribution in [0.25, 0.3) is 0 Å². The zero-order valence-electron chi connectivity index (χ0n) is 11.2. The van der Waals surface area contributed by atoms with E-state index < -0.39 is 0 Å². The lowest BCUT2D eigenvalue weighted by molar-refractivity contribution is 0.0631. The Morgan fingerprint density at radius 3 is 2.68 bits per heavy atom. The molecule has 0 aliphatic heterocycles. The van der Waals surface area contributed by atoms with Crippen LogP contribution in [-0.4, -0.2) is 12.6 Å². The van der Waals surface area contributed by atoms with Gasteiger partial charge in [0.2, 0.25) is 0 Å². The van der Waals surface area contributed by atoms with Crippen molar-refractivity contribution in [3.63, 3.8) is 0 Å². The fourth-order valence-corrected chi connectivity index (χ4v) is 1.99. The van der Waals surface area contributed by atoms with E-state index in [1.807, 2.05) is 24.3 Å². The molecule has 0 aliphatic rings. The average molecular weight is 329 g/mol. The maximum absolute atomic E-state index is 11.5. The van der Waals surface area contributed by atoms with Crippen LogP contribution in [-0.2, 0) is 4.84 Å². The van der Waals surface area contributed by atoms with Crippen LogP contribution in [0.3, 0.4) is 0 Å². The van der Waals surface area contributed by atoms with Gasteiger partial charge in [0, 0.05) is 4.47 Å². The highest BCUT2D eigenvalue weighted by Crippen LogP contribution is 2.20. The highest BCUT2D eigenvalue weighted by Gasteiger charge is 2.03. The van der Waals surface area contributed by atoms with Crippen molar-refractivity contribution < 1.29 is 9.63 Å². The number of anilines is 1. The highest BCUT2D eigenvalue weighted by atomic mass is 79.9. The summed E-state index contributed by atoms with van der Waals surface area (Å²) >= 11 is 3.36. The predicted molar refractivity (Wildman–Crippen MR) is 81.0 cm³/mol. The first-order valence-corrected chi connectivity index (χ1v) is 7.46. The molecule has 106 valence electrons. The van der Waals surface area contributed by atoms with Gasteiger partial charge in [-0.25, -0.2) is 10.3 Å². The summed E-state index contributed by atoms with van der Waals surface area (Å²) in [6.45, 7) is 2.73. The highest BCUT2D eigenvalue weighted by molar-refractivity contribution is 9.10. The maximum Gasteiger partial charge on any atom is 0.343 e. The molecule has 4 nitrogen and oxygen atoms in total. The van der Waals surface area contributed by atoms with Crippen molar-refractivity contribution in [2.75, 3.05) is 11.9 Å². The van der Waals surface area contributed by atoms with Gasteiger partial charge in [0.05, 0.1) is 12.3 Å². The van der Waals surface area contributed by atoms with Gasteiger partial charge in [-0.2, -0.15) is 0 Å². The lowest BCUT2D eigenvalue weighted by Crippen LogP contribution is -2.29. The van der Waals surface area contributed by atoms with Crippen LogP contribution in [0.1, 0.15) is 39.0 Å². The van der Waals surface area contributed by atoms with Crippen molar-refractivity contribution in [1.29, 1.82) is 0 Å². The summed E-state index contributed by atoms with van der Waals surface area (Å²) in [5.41, 5.74) is 3.09. The van der Waals surface area contributed by atoms with Gasteiger partial charge >= 0.3 is 6.03 Å². The van der Waals surface area contributed by atoms with Crippen LogP contribution >= 0.6 is 15.9 Å². The van der Waals surface area contributed by atoms with E-state index in [-0.39, 0.29) is 6.03 Å². The number of rotatable bonds is 8. The van der Waals surface area contributed by atoms with Gasteiger partial charge in [-0.1, -0.05) is 44.7 Å². The third-order valence-corrected chi connectivity index (χ3v) is 3.33. The Bertz CT molecular complexity index is 385. The van der Waals surface area contributed by atoms with Crippen LogP contribution in [0, 0.1) is 0 Å². The summed E-state index contributed by atoms with van der Waals surface area (Å²) in [4.78, 5) is 16.6. The number of hydroxylamine groups is 1. The van der Waals surface area contributed by atoms with Crippen molar-refractivity contribution in [2.24, 2.45) is 0 Å². The van der Waals surface area contributed by atoms with E-state index >= 15 is 0 Å². The van der Waals surface area contributed by atoms with E-state index in [0.717, 1.165) is 17.3 Å². The summed E-state index contributed by atoms with van der Waals surface area (Å²) in [6.07, 6.45) is 5.82. The summed E-state index contributed by atoms with van der Waals surface area (Å²) in [7, 11) is 0. The topological polar surface area (TPSA) is 50.4 Å². The van der Waals surface area contributed by atoms with Gasteiger partial charge < -0.3 is 5.32 Å². The minimum Gasteiger partial charge on any atom is -0.305 e. The van der Waals surface area contributed by atoms with E-state index in [1.165, 1.54) is 19.3 Å². The quantitative estimate of drug-likeness (QED) is 0.546. The Hall–Kier alpha value is -1.07. The molecule has 0 saturated carbocycles. The second-order valence-corrected chi connectivity index (χ2v) is 5.15. The zero-order valence-corrected chi connectivity index (χ0v) is 12.8. The van der Waals surface area contributed by atoms with Crippen LogP contribution in [0.5, 0.6) is 0 Å². The fourth-order valence-electron chi connectivity index (χ4n) is 1.60. The van der Waals surface area contributed by atoms with Crippen molar-refractivity contribution in [1.82, 2.24) is 5.48 Å². The molecular formula is C14H21BrN2O2. The number of urea groups is 1. The lowest BCUT2D eigenvalue weighted by Gasteiger charge is -2.09. The number of carbonyl (C=O) groups is 1. The number of halogens is 1. The molecule has 0 unspecified atom stereocenters.